The second-order valence-electron chi connectivity index (χ2n) is 4.04. The van der Waals surface area contributed by atoms with Gasteiger partial charge < -0.3 is 15.4 Å². The minimum absolute atomic E-state index is 0.276. The van der Waals surface area contributed by atoms with Crippen molar-refractivity contribution in [3.05, 3.63) is 32.5 Å². The van der Waals surface area contributed by atoms with Crippen molar-refractivity contribution >= 4 is 29.5 Å². The number of amides is 1. The van der Waals surface area contributed by atoms with E-state index in [1.807, 2.05) is 0 Å². The number of hydrazine groups is 1. The summed E-state index contributed by atoms with van der Waals surface area (Å²) in [7, 11) is 0. The van der Waals surface area contributed by atoms with E-state index in [9.17, 15) is 19.7 Å². The van der Waals surface area contributed by atoms with E-state index >= 15 is 0 Å². The topological polar surface area (TPSA) is 137 Å². The van der Waals surface area contributed by atoms with Gasteiger partial charge in [-0.05, 0) is 24.3 Å². The van der Waals surface area contributed by atoms with E-state index in [0.717, 1.165) is 0 Å². The van der Waals surface area contributed by atoms with E-state index in [2.05, 4.69) is 10.6 Å². The Hall–Kier alpha value is -2.49. The Morgan fingerprint density at radius 3 is 2.90 bits per heavy atom. The summed E-state index contributed by atoms with van der Waals surface area (Å²) in [5.74, 6) is -0.742. The number of nitrogens with one attached hydrogen (secondary N) is 4. The average molecular weight is 313 g/mol. The van der Waals surface area contributed by atoms with Crippen LogP contribution in [-0.4, -0.2) is 35.8 Å². The molecule has 1 atom stereocenters. The van der Waals surface area contributed by atoms with Crippen LogP contribution in [-0.2, 0) is 4.79 Å². The number of rotatable bonds is 8. The first-order valence-corrected chi connectivity index (χ1v) is 6.99. The summed E-state index contributed by atoms with van der Waals surface area (Å²) in [5, 5.41) is 24.9. The number of nitrogens with zero attached hydrogens (tertiary/aromatic N) is 1. The first-order chi connectivity index (χ1) is 10.0. The number of nitro groups is 1. The van der Waals surface area contributed by atoms with Gasteiger partial charge >= 0.3 is 0 Å². The third-order valence-electron chi connectivity index (χ3n) is 2.46. The number of hydrogen-bond acceptors (Lipinski definition) is 6. The quantitative estimate of drug-likeness (QED) is 0.134. The van der Waals surface area contributed by atoms with E-state index in [1.165, 1.54) is 11.3 Å². The Labute approximate surface area is 124 Å². The maximum absolute atomic E-state index is 11.7. The van der Waals surface area contributed by atoms with Gasteiger partial charge in [-0.15, -0.1) is 0 Å². The van der Waals surface area contributed by atoms with Crippen LogP contribution >= 0.6 is 11.3 Å². The lowest BCUT2D eigenvalue weighted by atomic mass is 10.1. The van der Waals surface area contributed by atoms with E-state index in [0.29, 0.717) is 24.7 Å². The minimum Gasteiger partial charge on any atom is -0.352 e. The molecule has 21 heavy (non-hydrogen) atoms. The number of thiophene rings is 1. The third kappa shape index (κ3) is 6.47. The molecule has 1 amide bonds. The highest BCUT2D eigenvalue weighted by molar-refractivity contribution is 7.08. The van der Waals surface area contributed by atoms with Gasteiger partial charge in [0.25, 0.3) is 11.9 Å². The van der Waals surface area contributed by atoms with Crippen molar-refractivity contribution in [1.82, 2.24) is 16.1 Å². The van der Waals surface area contributed by atoms with Crippen LogP contribution in [0.3, 0.4) is 0 Å². The van der Waals surface area contributed by atoms with Crippen LogP contribution < -0.4 is 16.1 Å². The van der Waals surface area contributed by atoms with Crippen LogP contribution in [0.2, 0.25) is 0 Å². The fourth-order valence-corrected chi connectivity index (χ4v) is 2.12. The van der Waals surface area contributed by atoms with Crippen LogP contribution in [0, 0.1) is 15.5 Å². The summed E-state index contributed by atoms with van der Waals surface area (Å²) in [5.41, 5.74) is 2.15. The van der Waals surface area contributed by atoms with Crippen molar-refractivity contribution in [3.63, 3.8) is 0 Å². The number of aldehydes is 1. The number of carbonyl (C=O) groups excluding carboxylic acids is 2. The predicted molar refractivity (Wildman–Crippen MR) is 76.7 cm³/mol. The lowest BCUT2D eigenvalue weighted by Crippen LogP contribution is -2.41. The summed E-state index contributed by atoms with van der Waals surface area (Å²) >= 11 is 1.39. The molecule has 1 aromatic rings. The molecule has 9 nitrogen and oxygen atoms in total. The van der Waals surface area contributed by atoms with Gasteiger partial charge in [0.15, 0.2) is 5.03 Å². The first kappa shape index (κ1) is 16.6. The van der Waals surface area contributed by atoms with Gasteiger partial charge in [-0.1, -0.05) is 5.43 Å². The van der Waals surface area contributed by atoms with Crippen molar-refractivity contribution in [2.24, 2.45) is 0 Å². The van der Waals surface area contributed by atoms with Crippen molar-refractivity contribution in [2.75, 3.05) is 6.54 Å². The van der Waals surface area contributed by atoms with Crippen molar-refractivity contribution in [2.45, 2.75) is 18.9 Å². The summed E-state index contributed by atoms with van der Waals surface area (Å²) in [6.45, 7) is 0.276. The monoisotopic (exact) mass is 313 g/mol. The van der Waals surface area contributed by atoms with E-state index < -0.39 is 17.0 Å². The smallest absolute Gasteiger partial charge is 0.252 e. The molecule has 0 saturated heterocycles. The van der Waals surface area contributed by atoms with E-state index in [1.54, 1.807) is 22.3 Å². The maximum atomic E-state index is 11.7. The Morgan fingerprint density at radius 1 is 1.57 bits per heavy atom. The van der Waals surface area contributed by atoms with Gasteiger partial charge in [0.2, 0.25) is 0 Å². The SMILES string of the molecule is N=C(NCCCC(C=O)NC(=O)c1ccsc1)N[N+](=O)[O-]. The molecule has 4 N–H and O–H groups in total. The Kier molecular flexibility index (Phi) is 6.81. The van der Waals surface area contributed by atoms with Crippen molar-refractivity contribution in [3.8, 4) is 0 Å². The van der Waals surface area contributed by atoms with Gasteiger partial charge in [-0.2, -0.15) is 11.3 Å². The Morgan fingerprint density at radius 2 is 2.33 bits per heavy atom. The van der Waals surface area contributed by atoms with Gasteiger partial charge in [-0.25, -0.2) is 10.1 Å². The van der Waals surface area contributed by atoms with Crippen LogP contribution in [0.25, 0.3) is 0 Å². The van der Waals surface area contributed by atoms with Gasteiger partial charge in [0.1, 0.15) is 6.29 Å². The van der Waals surface area contributed by atoms with Gasteiger partial charge in [0.05, 0.1) is 11.6 Å². The third-order valence-corrected chi connectivity index (χ3v) is 3.14. The zero-order valence-corrected chi connectivity index (χ0v) is 11.8. The highest BCUT2D eigenvalue weighted by atomic mass is 32.1. The minimum atomic E-state index is -0.843. The molecule has 0 aliphatic carbocycles. The van der Waals surface area contributed by atoms with Crippen molar-refractivity contribution in [1.29, 1.82) is 5.41 Å². The lowest BCUT2D eigenvalue weighted by molar-refractivity contribution is -0.525. The van der Waals surface area contributed by atoms with Gasteiger partial charge in [-0.3, -0.25) is 10.2 Å². The second kappa shape index (κ2) is 8.64. The average Bonchev–Trinajstić information content (AvgIpc) is 2.95. The highest BCUT2D eigenvalue weighted by Crippen LogP contribution is 2.06. The highest BCUT2D eigenvalue weighted by Gasteiger charge is 2.13. The largest absolute Gasteiger partial charge is 0.352 e. The molecule has 114 valence electrons. The molecular weight excluding hydrogens is 298 g/mol. The summed E-state index contributed by atoms with van der Waals surface area (Å²) < 4.78 is 0. The second-order valence-corrected chi connectivity index (χ2v) is 4.82. The molecule has 0 radical (unpaired) electrons. The van der Waals surface area contributed by atoms with E-state index in [4.69, 9.17) is 5.41 Å². The number of guanidine groups is 1. The summed E-state index contributed by atoms with van der Waals surface area (Å²) in [6, 6.07) is 1.03. The molecule has 0 bridgehead atoms. The van der Waals surface area contributed by atoms with Crippen LogP contribution in [0.1, 0.15) is 23.2 Å². The summed E-state index contributed by atoms with van der Waals surface area (Å²) in [6.07, 6.45) is 1.48. The van der Waals surface area contributed by atoms with Crippen LogP contribution in [0.15, 0.2) is 16.8 Å². The predicted octanol–water partition coefficient (Wildman–Crippen LogP) is 0.131. The van der Waals surface area contributed by atoms with Crippen molar-refractivity contribution < 1.29 is 14.6 Å². The number of carbonyl (C=O) groups is 2. The van der Waals surface area contributed by atoms with Crippen LogP contribution in [0.4, 0.5) is 0 Å². The van der Waals surface area contributed by atoms with E-state index in [-0.39, 0.29) is 12.5 Å². The maximum Gasteiger partial charge on any atom is 0.252 e. The molecule has 0 aliphatic heterocycles. The van der Waals surface area contributed by atoms with Gasteiger partial charge in [0, 0.05) is 11.9 Å². The first-order valence-electron chi connectivity index (χ1n) is 6.04. The zero-order chi connectivity index (χ0) is 15.7. The molecule has 1 rings (SSSR count). The Balaban J connectivity index is 2.25. The standard InChI is InChI=1S/C11H15N5O4S/c12-11(15-16(19)20)13-4-1-2-9(6-17)14-10(18)8-3-5-21-7-8/h3,5-7,9H,1-2,4H2,(H,14,18)(H3,12,13,15). The Bertz CT molecular complexity index is 505. The number of hydrogen-bond donors (Lipinski definition) is 4. The molecule has 1 aromatic heterocycles. The molecule has 0 spiro atoms. The molecule has 0 aromatic carbocycles. The molecule has 0 saturated carbocycles. The molecule has 0 aliphatic rings. The molecule has 10 heteroatoms. The lowest BCUT2D eigenvalue weighted by Gasteiger charge is -2.12. The fourth-order valence-electron chi connectivity index (χ4n) is 1.49. The molecule has 1 heterocycles. The van der Waals surface area contributed by atoms with Crippen LogP contribution in [0.5, 0.6) is 0 Å². The molecule has 1 unspecified atom stereocenters. The fraction of sp³-hybridized carbons (Fsp3) is 0.364. The summed E-state index contributed by atoms with van der Waals surface area (Å²) in [4.78, 5) is 32.7. The zero-order valence-electron chi connectivity index (χ0n) is 11.0. The molecular formula is C11H15N5O4S. The molecule has 0 fully saturated rings. The normalized spacial score (nSPS) is 11.2.